The molecule has 39 heavy (non-hydrogen) atoms. The van der Waals surface area contributed by atoms with Crippen LogP contribution in [0.3, 0.4) is 0 Å². The average Bonchev–Trinajstić information content (AvgIpc) is 2.95. The van der Waals surface area contributed by atoms with Crippen molar-refractivity contribution in [3.63, 3.8) is 0 Å². The van der Waals surface area contributed by atoms with Crippen LogP contribution < -0.4 is 0 Å². The van der Waals surface area contributed by atoms with Crippen LogP contribution in [0.5, 0.6) is 0 Å². The number of hydrogen-bond acceptors (Lipinski definition) is 5. The Hall–Kier alpha value is -3.75. The van der Waals surface area contributed by atoms with Gasteiger partial charge in [0.05, 0.1) is 9.41 Å². The van der Waals surface area contributed by atoms with Crippen molar-refractivity contribution in [3.05, 3.63) is 137 Å². The van der Waals surface area contributed by atoms with Gasteiger partial charge in [0.1, 0.15) is 26.6 Å². The van der Waals surface area contributed by atoms with Crippen LogP contribution in [0.4, 0.5) is 0 Å². The lowest BCUT2D eigenvalue weighted by Crippen LogP contribution is -2.05. The van der Waals surface area contributed by atoms with E-state index in [-0.39, 0.29) is 15.8 Å². The van der Waals surface area contributed by atoms with Crippen LogP contribution >= 0.6 is 12.2 Å². The molecule has 0 spiro atoms. The van der Waals surface area contributed by atoms with Gasteiger partial charge < -0.3 is 8.97 Å². The molecule has 0 atom stereocenters. The van der Waals surface area contributed by atoms with Crippen LogP contribution in [0.25, 0.3) is 21.9 Å². The second-order valence-corrected chi connectivity index (χ2v) is 12.5. The van der Waals surface area contributed by atoms with Crippen molar-refractivity contribution in [2.45, 2.75) is 26.5 Å². The molecule has 0 bridgehead atoms. The lowest BCUT2D eigenvalue weighted by atomic mass is 10.1. The molecular weight excluding hydrogens is 545 g/mol. The predicted octanol–water partition coefficient (Wildman–Crippen LogP) is 8.31. The molecule has 0 saturated heterocycles. The van der Waals surface area contributed by atoms with Gasteiger partial charge in [0.15, 0.2) is 15.4 Å². The first kappa shape index (κ1) is 26.8. The van der Waals surface area contributed by atoms with E-state index in [0.29, 0.717) is 0 Å². The van der Waals surface area contributed by atoms with E-state index >= 15 is 0 Å². The van der Waals surface area contributed by atoms with Crippen molar-refractivity contribution in [3.8, 4) is 0 Å². The third-order valence-corrected chi connectivity index (χ3v) is 9.59. The highest BCUT2D eigenvalue weighted by Gasteiger charge is 2.31. The van der Waals surface area contributed by atoms with Crippen molar-refractivity contribution in [2.24, 2.45) is 0 Å². The molecule has 1 aromatic heterocycles. The van der Waals surface area contributed by atoms with Crippen molar-refractivity contribution >= 4 is 55.2 Å². The molecule has 4 nitrogen and oxygen atoms in total. The third kappa shape index (κ3) is 5.97. The van der Waals surface area contributed by atoms with Crippen LogP contribution in [0.2, 0.25) is 0 Å². The minimum atomic E-state index is -4.27. The van der Waals surface area contributed by atoms with E-state index in [1.807, 2.05) is 31.2 Å². The zero-order valence-electron chi connectivity index (χ0n) is 21.0. The second kappa shape index (κ2) is 11.6. The molecule has 0 unspecified atom stereocenters. The summed E-state index contributed by atoms with van der Waals surface area (Å²) in [6.45, 7) is 1.82. The number of hydrogen-bond donors (Lipinski definition) is 0. The smallest absolute Gasteiger partial charge is 0.209 e. The molecule has 0 aliphatic rings. The highest BCUT2D eigenvalue weighted by molar-refractivity contribution is 7.97. The van der Waals surface area contributed by atoms with Crippen molar-refractivity contribution < 1.29 is 17.4 Å². The molecule has 0 aliphatic carbocycles. The third-order valence-electron chi connectivity index (χ3n) is 6.05. The lowest BCUT2D eigenvalue weighted by molar-refractivity contribution is 0.463. The first-order valence-corrected chi connectivity index (χ1v) is 15.2. The Kier molecular flexibility index (Phi) is 7.95. The first-order chi connectivity index (χ1) is 18.8. The molecule has 1 heterocycles. The summed E-state index contributed by atoms with van der Waals surface area (Å²) in [6.07, 6.45) is 0. The number of aryl methyl sites for hydroxylation is 1. The zero-order chi connectivity index (χ0) is 27.4. The molecule has 6 rings (SSSR count). The summed E-state index contributed by atoms with van der Waals surface area (Å²) in [4.78, 5) is 3.50. The van der Waals surface area contributed by atoms with E-state index in [1.54, 1.807) is 12.1 Å². The fraction of sp³-hybridized carbons (Fsp3) is 0.0312. The first-order valence-electron chi connectivity index (χ1n) is 12.1. The molecule has 0 aliphatic heterocycles. The Balaban J connectivity index is 0.000000237. The topological polar surface area (TPSA) is 70.3 Å². The SMILES string of the molecule is Cc1ccc(S(=O)(=O)[O-])cc1.S=c1c2ccccc2oc2c([S+](c3ccccc3)c3ccccc3)cccc12. The number of benzene rings is 5. The summed E-state index contributed by atoms with van der Waals surface area (Å²) < 4.78 is 38.4. The lowest BCUT2D eigenvalue weighted by Gasteiger charge is -2.10. The average molecular weight is 569 g/mol. The number of para-hydroxylation sites is 2. The van der Waals surface area contributed by atoms with Gasteiger partial charge in [0.25, 0.3) is 0 Å². The molecule has 0 fully saturated rings. The summed E-state index contributed by atoms with van der Waals surface area (Å²) in [5.41, 5.74) is 2.64. The van der Waals surface area contributed by atoms with Gasteiger partial charge in [-0.15, -0.1) is 0 Å². The minimum absolute atomic E-state index is 0.178. The molecule has 194 valence electrons. The van der Waals surface area contributed by atoms with Crippen LogP contribution in [-0.2, 0) is 21.0 Å². The van der Waals surface area contributed by atoms with Crippen LogP contribution in [0.1, 0.15) is 5.56 Å². The van der Waals surface area contributed by atoms with Crippen LogP contribution in [0, 0.1) is 11.4 Å². The Morgan fingerprint density at radius 3 is 1.79 bits per heavy atom. The Morgan fingerprint density at radius 2 is 1.21 bits per heavy atom. The Bertz CT molecular complexity index is 1860. The van der Waals surface area contributed by atoms with Crippen LogP contribution in [-0.4, -0.2) is 13.0 Å². The van der Waals surface area contributed by atoms with E-state index in [1.165, 1.54) is 21.9 Å². The zero-order valence-corrected chi connectivity index (χ0v) is 23.4. The molecule has 0 saturated carbocycles. The van der Waals surface area contributed by atoms with Crippen LogP contribution in [0.15, 0.2) is 151 Å². The fourth-order valence-electron chi connectivity index (χ4n) is 4.17. The van der Waals surface area contributed by atoms with E-state index in [2.05, 4.69) is 78.9 Å². The van der Waals surface area contributed by atoms with Gasteiger partial charge >= 0.3 is 0 Å². The monoisotopic (exact) mass is 568 g/mol. The molecule has 6 aromatic rings. The Labute approximate surface area is 235 Å². The maximum Gasteiger partial charge on any atom is 0.209 e. The molecule has 5 aromatic carbocycles. The van der Waals surface area contributed by atoms with Crippen molar-refractivity contribution in [1.29, 1.82) is 0 Å². The quantitative estimate of drug-likeness (QED) is 0.0926. The van der Waals surface area contributed by atoms with Gasteiger partial charge in [0.2, 0.25) is 4.90 Å². The maximum atomic E-state index is 10.4. The Morgan fingerprint density at radius 1 is 0.667 bits per heavy atom. The van der Waals surface area contributed by atoms with Crippen molar-refractivity contribution in [2.75, 3.05) is 0 Å². The standard InChI is InChI=1S/C25H17OS2.C7H8O3S/c27-25-20-14-7-8-16-22(20)26-24-21(25)15-9-17-23(24)28(18-10-3-1-4-11-18)19-12-5-2-6-13-19;1-6-2-4-7(5-3-6)11(8,9)10/h1-17H;2-5H,1H3,(H,8,9,10)/q+1;/p-1. The minimum Gasteiger partial charge on any atom is -0.744 e. The van der Waals surface area contributed by atoms with E-state index in [9.17, 15) is 13.0 Å². The van der Waals surface area contributed by atoms with E-state index in [0.717, 1.165) is 36.9 Å². The van der Waals surface area contributed by atoms with Gasteiger partial charge in [-0.25, -0.2) is 8.42 Å². The summed E-state index contributed by atoms with van der Waals surface area (Å²) >= 11 is 5.82. The largest absolute Gasteiger partial charge is 0.744 e. The number of rotatable bonds is 4. The van der Waals surface area contributed by atoms with Gasteiger partial charge in [-0.05, 0) is 67.6 Å². The summed E-state index contributed by atoms with van der Waals surface area (Å²) in [6, 6.07) is 41.3. The second-order valence-electron chi connectivity index (χ2n) is 8.76. The van der Waals surface area contributed by atoms with E-state index < -0.39 is 10.1 Å². The molecule has 7 heteroatoms. The summed E-state index contributed by atoms with van der Waals surface area (Å²) in [5.74, 6) is 0. The van der Waals surface area contributed by atoms with Crippen molar-refractivity contribution in [1.82, 2.24) is 0 Å². The summed E-state index contributed by atoms with van der Waals surface area (Å²) in [5, 5.41) is 1.98. The normalized spacial score (nSPS) is 11.4. The number of fused-ring (bicyclic) bond motifs is 2. The molecular formula is C32H24O4S3. The predicted molar refractivity (Wildman–Crippen MR) is 159 cm³/mol. The molecule has 0 amide bonds. The molecule has 0 radical (unpaired) electrons. The summed E-state index contributed by atoms with van der Waals surface area (Å²) in [7, 11) is -4.55. The van der Waals surface area contributed by atoms with Gasteiger partial charge in [-0.2, -0.15) is 0 Å². The molecule has 0 N–H and O–H groups in total. The van der Waals surface area contributed by atoms with Gasteiger partial charge in [-0.1, -0.05) is 84.5 Å². The van der Waals surface area contributed by atoms with Gasteiger partial charge in [-0.3, -0.25) is 0 Å². The van der Waals surface area contributed by atoms with Gasteiger partial charge in [0, 0.05) is 10.8 Å². The fourth-order valence-corrected chi connectivity index (χ4v) is 7.16. The van der Waals surface area contributed by atoms with E-state index in [4.69, 9.17) is 16.6 Å². The highest BCUT2D eigenvalue weighted by atomic mass is 32.2. The maximum absolute atomic E-state index is 10.4. The highest BCUT2D eigenvalue weighted by Crippen LogP contribution is 2.37.